The number of nitrogens with one attached hydrogen (secondary N) is 2. The smallest absolute Gasteiger partial charge is 0.0629 e. The van der Waals surface area contributed by atoms with Crippen molar-refractivity contribution in [1.82, 2.24) is 20.4 Å². The highest BCUT2D eigenvalue weighted by Crippen LogP contribution is 2.25. The lowest BCUT2D eigenvalue weighted by molar-refractivity contribution is -0.0491. The molecular weight excluding hydrogens is 296 g/mol. The van der Waals surface area contributed by atoms with Gasteiger partial charge in [0.25, 0.3) is 0 Å². The number of unbranched alkanes of at least 4 members (excludes halogenated alkanes) is 2. The van der Waals surface area contributed by atoms with Crippen LogP contribution in [0, 0.1) is 0 Å². The number of hydrogen-bond donors (Lipinski definition) is 2. The Hall–Kier alpha value is -0.160. The van der Waals surface area contributed by atoms with Gasteiger partial charge in [-0.3, -0.25) is 9.80 Å². The molecule has 2 fully saturated rings. The third-order valence-corrected chi connectivity index (χ3v) is 6.15. The average molecular weight is 339 g/mol. The van der Waals surface area contributed by atoms with Gasteiger partial charge in [0.2, 0.25) is 0 Å². The molecule has 0 spiro atoms. The third kappa shape index (κ3) is 5.17. The fraction of sp³-hybridized carbons (Fsp3) is 1.00. The predicted octanol–water partition coefficient (Wildman–Crippen LogP) is 3.04. The Morgan fingerprint density at radius 2 is 1.71 bits per heavy atom. The summed E-state index contributed by atoms with van der Waals surface area (Å²) in [6, 6.07) is 2.61. The number of hydrogen-bond acceptors (Lipinski definition) is 4. The highest BCUT2D eigenvalue weighted by molar-refractivity contribution is 4.93. The molecule has 2 aliphatic rings. The largest absolute Gasteiger partial charge is 0.311 e. The Labute approximate surface area is 150 Å². The minimum atomic E-state index is 0.611. The van der Waals surface area contributed by atoms with Crippen LogP contribution in [0.1, 0.15) is 73.1 Å². The van der Waals surface area contributed by atoms with E-state index in [1.807, 2.05) is 0 Å². The lowest BCUT2D eigenvalue weighted by atomic mass is 9.99. The van der Waals surface area contributed by atoms with Crippen molar-refractivity contribution in [1.29, 1.82) is 0 Å². The van der Waals surface area contributed by atoms with Gasteiger partial charge >= 0.3 is 0 Å². The number of nitrogens with zero attached hydrogens (tertiary/aromatic N) is 2. The van der Waals surface area contributed by atoms with Crippen molar-refractivity contribution >= 4 is 0 Å². The van der Waals surface area contributed by atoms with Gasteiger partial charge in [0, 0.05) is 50.3 Å². The maximum atomic E-state index is 3.77. The average Bonchev–Trinajstić information content (AvgIpc) is 2.60. The lowest BCUT2D eigenvalue weighted by Crippen LogP contribution is -2.67. The summed E-state index contributed by atoms with van der Waals surface area (Å²) in [5.41, 5.74) is 0. The molecule has 0 aromatic rings. The molecule has 2 heterocycles. The van der Waals surface area contributed by atoms with Crippen LogP contribution in [0.25, 0.3) is 0 Å². The second-order valence-electron chi connectivity index (χ2n) is 8.10. The van der Waals surface area contributed by atoms with Crippen molar-refractivity contribution < 1.29 is 0 Å². The third-order valence-electron chi connectivity index (χ3n) is 6.15. The molecule has 0 bridgehead atoms. The molecule has 0 saturated carbocycles. The van der Waals surface area contributed by atoms with E-state index in [9.17, 15) is 0 Å². The maximum absolute atomic E-state index is 3.77. The van der Waals surface area contributed by atoms with Gasteiger partial charge in [-0.2, -0.15) is 0 Å². The topological polar surface area (TPSA) is 30.5 Å². The Kier molecular flexibility index (Phi) is 8.48. The first-order valence-electron chi connectivity index (χ1n) is 10.6. The predicted molar refractivity (Wildman–Crippen MR) is 104 cm³/mol. The fourth-order valence-corrected chi connectivity index (χ4v) is 4.47. The SMILES string of the molecule is CCCCCC(N1CC(C)NCC1C)N1CC(CC)NCC1CC. The number of piperazine rings is 2. The van der Waals surface area contributed by atoms with Gasteiger partial charge in [-0.1, -0.05) is 40.0 Å². The van der Waals surface area contributed by atoms with E-state index in [-0.39, 0.29) is 0 Å². The van der Waals surface area contributed by atoms with Gasteiger partial charge in [0.15, 0.2) is 0 Å². The Morgan fingerprint density at radius 3 is 2.38 bits per heavy atom. The van der Waals surface area contributed by atoms with E-state index < -0.39 is 0 Å². The van der Waals surface area contributed by atoms with Crippen molar-refractivity contribution in [3.05, 3.63) is 0 Å². The zero-order chi connectivity index (χ0) is 17.5. The zero-order valence-corrected chi connectivity index (χ0v) is 16.9. The van der Waals surface area contributed by atoms with E-state index in [4.69, 9.17) is 0 Å². The summed E-state index contributed by atoms with van der Waals surface area (Å²) in [5, 5.41) is 7.43. The van der Waals surface area contributed by atoms with Crippen LogP contribution in [0.4, 0.5) is 0 Å². The van der Waals surface area contributed by atoms with Crippen LogP contribution in [0.5, 0.6) is 0 Å². The maximum Gasteiger partial charge on any atom is 0.0629 e. The summed E-state index contributed by atoms with van der Waals surface area (Å²) in [4.78, 5) is 5.69. The van der Waals surface area contributed by atoms with Crippen molar-refractivity contribution in [2.45, 2.75) is 103 Å². The van der Waals surface area contributed by atoms with Gasteiger partial charge in [-0.05, 0) is 33.1 Å². The van der Waals surface area contributed by atoms with E-state index in [1.54, 1.807) is 0 Å². The first-order valence-corrected chi connectivity index (χ1v) is 10.6. The van der Waals surface area contributed by atoms with Gasteiger partial charge in [0.1, 0.15) is 0 Å². The van der Waals surface area contributed by atoms with E-state index in [1.165, 1.54) is 51.6 Å². The first kappa shape index (κ1) is 20.2. The van der Waals surface area contributed by atoms with Crippen LogP contribution in [0.15, 0.2) is 0 Å². The molecule has 0 radical (unpaired) electrons. The van der Waals surface area contributed by atoms with Crippen LogP contribution in [-0.4, -0.2) is 66.3 Å². The van der Waals surface area contributed by atoms with Crippen molar-refractivity contribution in [2.75, 3.05) is 26.2 Å². The highest BCUT2D eigenvalue weighted by atomic mass is 15.4. The Balaban J connectivity index is 2.15. The van der Waals surface area contributed by atoms with Crippen LogP contribution >= 0.6 is 0 Å². The van der Waals surface area contributed by atoms with E-state index in [2.05, 4.69) is 55.1 Å². The van der Waals surface area contributed by atoms with Gasteiger partial charge < -0.3 is 10.6 Å². The van der Waals surface area contributed by atoms with Gasteiger partial charge in [0.05, 0.1) is 6.17 Å². The summed E-state index contributed by atoms with van der Waals surface area (Å²) >= 11 is 0. The van der Waals surface area contributed by atoms with Crippen molar-refractivity contribution in [3.63, 3.8) is 0 Å². The fourth-order valence-electron chi connectivity index (χ4n) is 4.47. The molecule has 2 saturated heterocycles. The second kappa shape index (κ2) is 10.1. The van der Waals surface area contributed by atoms with Gasteiger partial charge in [-0.25, -0.2) is 0 Å². The van der Waals surface area contributed by atoms with Crippen LogP contribution in [-0.2, 0) is 0 Å². The van der Waals surface area contributed by atoms with E-state index in [0.29, 0.717) is 30.3 Å². The molecule has 5 unspecified atom stereocenters. The molecule has 0 aromatic heterocycles. The zero-order valence-electron chi connectivity index (χ0n) is 16.9. The standard InChI is InChI=1S/C20H42N4/c1-6-9-10-11-20(23-14-16(4)21-12-17(23)5)24-15-18(7-2)22-13-19(24)8-3/h16-22H,6-15H2,1-5H3. The normalized spacial score (nSPS) is 34.4. The van der Waals surface area contributed by atoms with Crippen LogP contribution in [0.3, 0.4) is 0 Å². The molecule has 2 rings (SSSR count). The summed E-state index contributed by atoms with van der Waals surface area (Å²) in [5.74, 6) is 0. The van der Waals surface area contributed by atoms with Crippen molar-refractivity contribution in [3.8, 4) is 0 Å². The molecule has 0 aromatic carbocycles. The monoisotopic (exact) mass is 338 g/mol. The van der Waals surface area contributed by atoms with Crippen LogP contribution in [0.2, 0.25) is 0 Å². The lowest BCUT2D eigenvalue weighted by Gasteiger charge is -2.51. The Bertz CT molecular complexity index is 349. The molecule has 4 nitrogen and oxygen atoms in total. The highest BCUT2D eigenvalue weighted by Gasteiger charge is 2.37. The van der Waals surface area contributed by atoms with E-state index >= 15 is 0 Å². The summed E-state index contributed by atoms with van der Waals surface area (Å²) < 4.78 is 0. The number of rotatable bonds is 8. The molecule has 2 aliphatic heterocycles. The molecule has 24 heavy (non-hydrogen) atoms. The summed E-state index contributed by atoms with van der Waals surface area (Å²) in [6.45, 7) is 16.4. The second-order valence-corrected chi connectivity index (χ2v) is 8.10. The molecule has 5 atom stereocenters. The van der Waals surface area contributed by atoms with Crippen LogP contribution < -0.4 is 10.6 Å². The minimum absolute atomic E-state index is 0.611. The summed E-state index contributed by atoms with van der Waals surface area (Å²) in [6.07, 6.45) is 8.49. The molecule has 0 aliphatic carbocycles. The minimum Gasteiger partial charge on any atom is -0.311 e. The Morgan fingerprint density at radius 1 is 0.917 bits per heavy atom. The molecule has 142 valence electrons. The quantitative estimate of drug-likeness (QED) is 0.666. The first-order chi connectivity index (χ1) is 11.6. The van der Waals surface area contributed by atoms with E-state index in [0.717, 1.165) is 13.1 Å². The molecule has 0 amide bonds. The van der Waals surface area contributed by atoms with Gasteiger partial charge in [-0.15, -0.1) is 0 Å². The van der Waals surface area contributed by atoms with Crippen molar-refractivity contribution in [2.24, 2.45) is 0 Å². The molecule has 4 heteroatoms. The summed E-state index contributed by atoms with van der Waals surface area (Å²) in [7, 11) is 0. The molecule has 2 N–H and O–H groups in total. The molecular formula is C20H42N4.